The largest absolute Gasteiger partial charge is 0.433 e. The van der Waals surface area contributed by atoms with Gasteiger partial charge >= 0.3 is 12.4 Å². The number of nitrogens with one attached hydrogen (secondary N) is 1. The number of hydrogen-bond acceptors (Lipinski definition) is 3. The first-order valence-electron chi connectivity index (χ1n) is 10.0. The minimum atomic E-state index is -5.14. The van der Waals surface area contributed by atoms with Crippen LogP contribution in [0.25, 0.3) is 0 Å². The third-order valence-corrected chi connectivity index (χ3v) is 6.78. The lowest BCUT2D eigenvalue weighted by molar-refractivity contribution is -0.190. The number of carbonyl (C=O) groups excluding carboxylic acids is 2. The minimum absolute atomic E-state index is 0.0351. The smallest absolute Gasteiger partial charge is 0.352 e. The molecular formula is C21H16Cl3F6N3O2. The van der Waals surface area contributed by atoms with Gasteiger partial charge < -0.3 is 5.32 Å². The van der Waals surface area contributed by atoms with Crippen LogP contribution in [0.15, 0.2) is 24.3 Å². The molecule has 1 N–H and O–H groups in total. The maximum atomic E-state index is 14.3. The number of benzene rings is 1. The maximum absolute atomic E-state index is 14.3. The van der Waals surface area contributed by atoms with Crippen LogP contribution in [-0.2, 0) is 27.7 Å². The lowest BCUT2D eigenvalue weighted by Gasteiger charge is -2.31. The molecule has 1 aliphatic rings. The summed E-state index contributed by atoms with van der Waals surface area (Å²) < 4.78 is 84.0. The summed E-state index contributed by atoms with van der Waals surface area (Å²) in [5.74, 6) is -2.66. The average molecular weight is 563 g/mol. The first kappa shape index (κ1) is 27.3. The second-order valence-electron chi connectivity index (χ2n) is 7.67. The van der Waals surface area contributed by atoms with Crippen LogP contribution in [0.3, 0.4) is 0 Å². The van der Waals surface area contributed by atoms with E-state index in [9.17, 15) is 35.9 Å². The topological polar surface area (TPSA) is 62.3 Å². The molecule has 190 valence electrons. The fourth-order valence-corrected chi connectivity index (χ4v) is 4.36. The Labute approximate surface area is 210 Å². The van der Waals surface area contributed by atoms with Crippen molar-refractivity contribution in [2.24, 2.45) is 0 Å². The van der Waals surface area contributed by atoms with Gasteiger partial charge in [-0.05, 0) is 30.2 Å². The molecule has 1 fully saturated rings. The Morgan fingerprint density at radius 3 is 2.23 bits per heavy atom. The van der Waals surface area contributed by atoms with Crippen LogP contribution in [0, 0.1) is 0 Å². The molecule has 1 saturated heterocycles. The van der Waals surface area contributed by atoms with Gasteiger partial charge in [0.15, 0.2) is 11.1 Å². The van der Waals surface area contributed by atoms with E-state index in [0.717, 1.165) is 24.3 Å². The Balaban J connectivity index is 2.07. The third kappa shape index (κ3) is 5.03. The molecule has 3 rings (SSSR count). The molecule has 2 aromatic rings. The summed E-state index contributed by atoms with van der Waals surface area (Å²) in [6, 6.07) is 3.67. The van der Waals surface area contributed by atoms with Crippen molar-refractivity contribution in [1.82, 2.24) is 10.3 Å². The highest BCUT2D eigenvalue weighted by molar-refractivity contribution is 6.48. The van der Waals surface area contributed by atoms with Crippen LogP contribution in [0.4, 0.5) is 32.2 Å². The highest BCUT2D eigenvalue weighted by Crippen LogP contribution is 2.51. The zero-order chi connectivity index (χ0) is 26.3. The minimum Gasteiger partial charge on any atom is -0.352 e. The van der Waals surface area contributed by atoms with Gasteiger partial charge in [0.25, 0.3) is 0 Å². The zero-order valence-corrected chi connectivity index (χ0v) is 20.0. The van der Waals surface area contributed by atoms with Gasteiger partial charge in [-0.15, -0.1) is 0 Å². The number of hydrogen-bond donors (Lipinski definition) is 1. The summed E-state index contributed by atoms with van der Waals surface area (Å²) >= 11 is 17.6. The molecule has 1 unspecified atom stereocenters. The van der Waals surface area contributed by atoms with E-state index in [2.05, 4.69) is 10.3 Å². The number of amides is 2. The van der Waals surface area contributed by atoms with Crippen LogP contribution in [0.5, 0.6) is 0 Å². The van der Waals surface area contributed by atoms with Gasteiger partial charge in [0, 0.05) is 25.1 Å². The quantitative estimate of drug-likeness (QED) is 0.343. The Morgan fingerprint density at radius 1 is 1.11 bits per heavy atom. The van der Waals surface area contributed by atoms with E-state index in [1.54, 1.807) is 0 Å². The maximum Gasteiger partial charge on any atom is 0.433 e. The van der Waals surface area contributed by atoms with Gasteiger partial charge in [0.2, 0.25) is 11.8 Å². The number of anilines is 1. The molecule has 0 saturated carbocycles. The van der Waals surface area contributed by atoms with Crippen molar-refractivity contribution in [1.29, 1.82) is 0 Å². The number of nitrogens with zero attached hydrogens (tertiary/aromatic N) is 2. The summed E-state index contributed by atoms with van der Waals surface area (Å²) in [6.45, 7) is 0.428. The molecule has 1 atom stereocenters. The van der Waals surface area contributed by atoms with Crippen molar-refractivity contribution in [2.75, 3.05) is 11.4 Å². The summed E-state index contributed by atoms with van der Waals surface area (Å²) in [5.41, 5.74) is -5.56. The molecule has 35 heavy (non-hydrogen) atoms. The third-order valence-electron chi connectivity index (χ3n) is 5.59. The molecule has 1 aromatic carbocycles. The second kappa shape index (κ2) is 9.67. The lowest BCUT2D eigenvalue weighted by atomic mass is 9.78. The first-order chi connectivity index (χ1) is 16.1. The average Bonchev–Trinajstić information content (AvgIpc) is 3.12. The van der Waals surface area contributed by atoms with Gasteiger partial charge in [-0.1, -0.05) is 47.8 Å². The SMILES string of the molecule is CCC(=O)NCc1ccc(N2CCC(c3cc(Cl)c(Cl)c(Cl)c3)(C(F)(F)F)C2=O)nc1C(F)(F)F. The zero-order valence-electron chi connectivity index (χ0n) is 17.8. The highest BCUT2D eigenvalue weighted by Gasteiger charge is 2.65. The molecule has 2 amide bonds. The van der Waals surface area contributed by atoms with Gasteiger partial charge in [-0.3, -0.25) is 14.5 Å². The number of alkyl halides is 6. The Morgan fingerprint density at radius 2 is 1.71 bits per heavy atom. The van der Waals surface area contributed by atoms with Gasteiger partial charge in [0.1, 0.15) is 5.82 Å². The standard InChI is InChI=1S/C21H16Cl3F6N3O2/c1-2-15(34)31-9-10-3-4-14(32-17(10)20(25,26)27)33-6-5-19(18(33)35,21(28,29)30)11-7-12(22)16(24)13(23)8-11/h3-4,7-8H,2,5-6,9H2,1H3,(H,31,34). The van der Waals surface area contributed by atoms with Gasteiger partial charge in [-0.2, -0.15) is 26.3 Å². The molecule has 2 heterocycles. The summed E-state index contributed by atoms with van der Waals surface area (Å²) in [6.07, 6.45) is -10.9. The van der Waals surface area contributed by atoms with E-state index in [0.29, 0.717) is 4.90 Å². The Kier molecular flexibility index (Phi) is 7.55. The van der Waals surface area contributed by atoms with Crippen LogP contribution in [0.1, 0.15) is 36.6 Å². The molecular weight excluding hydrogens is 547 g/mol. The molecule has 0 spiro atoms. The second-order valence-corrected chi connectivity index (χ2v) is 8.86. The Hall–Kier alpha value is -2.24. The van der Waals surface area contributed by atoms with E-state index in [1.165, 1.54) is 6.92 Å². The number of rotatable bonds is 5. The first-order valence-corrected chi connectivity index (χ1v) is 11.1. The Bertz CT molecular complexity index is 1150. The van der Waals surface area contributed by atoms with Crippen molar-refractivity contribution in [3.05, 3.63) is 56.2 Å². The molecule has 1 aliphatic heterocycles. The van der Waals surface area contributed by atoms with Gasteiger partial charge in [-0.25, -0.2) is 4.98 Å². The highest BCUT2D eigenvalue weighted by atomic mass is 35.5. The number of pyridine rings is 1. The summed E-state index contributed by atoms with van der Waals surface area (Å²) in [4.78, 5) is 28.6. The predicted molar refractivity (Wildman–Crippen MR) is 118 cm³/mol. The van der Waals surface area contributed by atoms with Crippen molar-refractivity contribution >= 4 is 52.4 Å². The predicted octanol–water partition coefficient (Wildman–Crippen LogP) is 6.32. The van der Waals surface area contributed by atoms with Crippen molar-refractivity contribution in [2.45, 2.75) is 44.1 Å². The van der Waals surface area contributed by atoms with E-state index in [-0.39, 0.29) is 21.5 Å². The fourth-order valence-electron chi connectivity index (χ4n) is 3.77. The normalized spacial score (nSPS) is 18.8. The van der Waals surface area contributed by atoms with Crippen LogP contribution in [0.2, 0.25) is 15.1 Å². The monoisotopic (exact) mass is 561 g/mol. The molecule has 5 nitrogen and oxygen atoms in total. The molecule has 1 aromatic heterocycles. The molecule has 0 bridgehead atoms. The van der Waals surface area contributed by atoms with E-state index >= 15 is 0 Å². The van der Waals surface area contributed by atoms with Crippen molar-refractivity contribution in [3.8, 4) is 0 Å². The molecule has 0 aliphatic carbocycles. The van der Waals surface area contributed by atoms with Crippen LogP contribution >= 0.6 is 34.8 Å². The van der Waals surface area contributed by atoms with Gasteiger partial charge in [0.05, 0.1) is 15.1 Å². The molecule has 14 heteroatoms. The summed E-state index contributed by atoms with van der Waals surface area (Å²) in [7, 11) is 0. The summed E-state index contributed by atoms with van der Waals surface area (Å²) in [5, 5.41) is 1.44. The number of halogens is 9. The number of aromatic nitrogens is 1. The van der Waals surface area contributed by atoms with Crippen molar-refractivity contribution < 1.29 is 35.9 Å². The van der Waals surface area contributed by atoms with E-state index < -0.39 is 71.7 Å². The van der Waals surface area contributed by atoms with Crippen LogP contribution < -0.4 is 10.2 Å². The fraction of sp³-hybridized carbons (Fsp3) is 0.381. The molecule has 0 radical (unpaired) electrons. The van der Waals surface area contributed by atoms with Crippen molar-refractivity contribution in [3.63, 3.8) is 0 Å². The lowest BCUT2D eigenvalue weighted by Crippen LogP contribution is -2.49. The van der Waals surface area contributed by atoms with E-state index in [4.69, 9.17) is 34.8 Å². The van der Waals surface area contributed by atoms with Crippen LogP contribution in [-0.4, -0.2) is 29.5 Å². The number of carbonyl (C=O) groups is 2. The van der Waals surface area contributed by atoms with E-state index in [1.807, 2.05) is 0 Å².